The molecular formula is C23H31N3O3. The van der Waals surface area contributed by atoms with Crippen molar-refractivity contribution in [2.75, 3.05) is 29.1 Å². The normalized spacial score (nSPS) is 10.5. The van der Waals surface area contributed by atoms with E-state index in [1.54, 1.807) is 24.3 Å². The summed E-state index contributed by atoms with van der Waals surface area (Å²) in [5.74, 6) is 0.879. The van der Waals surface area contributed by atoms with Crippen LogP contribution in [0.3, 0.4) is 0 Å². The molecule has 29 heavy (non-hydrogen) atoms. The Labute approximate surface area is 173 Å². The molecule has 0 unspecified atom stereocenters. The number of rotatable bonds is 11. The Morgan fingerprint density at radius 3 is 2.17 bits per heavy atom. The first-order valence-corrected chi connectivity index (χ1v) is 10.1. The van der Waals surface area contributed by atoms with Gasteiger partial charge >= 0.3 is 0 Å². The van der Waals surface area contributed by atoms with Crippen molar-refractivity contribution in [1.82, 2.24) is 0 Å². The first kappa shape index (κ1) is 22.3. The van der Waals surface area contributed by atoms with Gasteiger partial charge in [-0.25, -0.2) is 0 Å². The Balaban J connectivity index is 1.83. The van der Waals surface area contributed by atoms with Gasteiger partial charge in [-0.2, -0.15) is 0 Å². The Kier molecular flexibility index (Phi) is 9.02. The fraction of sp³-hybridized carbons (Fsp3) is 0.391. The van der Waals surface area contributed by atoms with E-state index in [9.17, 15) is 9.59 Å². The van der Waals surface area contributed by atoms with Crippen molar-refractivity contribution in [2.45, 2.75) is 40.0 Å². The summed E-state index contributed by atoms with van der Waals surface area (Å²) in [6.45, 7) is 6.90. The van der Waals surface area contributed by atoms with Crippen LogP contribution >= 0.6 is 0 Å². The third-order valence-corrected chi connectivity index (χ3v) is 4.13. The molecular weight excluding hydrogens is 366 g/mol. The summed E-state index contributed by atoms with van der Waals surface area (Å²) in [5.41, 5.74) is 2.18. The lowest BCUT2D eigenvalue weighted by Crippen LogP contribution is -2.22. The third kappa shape index (κ3) is 8.25. The van der Waals surface area contributed by atoms with Gasteiger partial charge in [0.15, 0.2) is 0 Å². The highest BCUT2D eigenvalue weighted by atomic mass is 16.5. The second kappa shape index (κ2) is 11.7. The molecule has 0 aliphatic heterocycles. The molecule has 0 fully saturated rings. The van der Waals surface area contributed by atoms with Gasteiger partial charge in [0.25, 0.3) is 0 Å². The quantitative estimate of drug-likeness (QED) is 0.471. The lowest BCUT2D eigenvalue weighted by Gasteiger charge is -2.13. The molecule has 2 aromatic carbocycles. The molecule has 0 radical (unpaired) electrons. The van der Waals surface area contributed by atoms with Crippen LogP contribution in [0.2, 0.25) is 0 Å². The number of hydrogen-bond acceptors (Lipinski definition) is 4. The molecule has 0 aliphatic rings. The molecule has 2 amide bonds. The highest BCUT2D eigenvalue weighted by Gasteiger charge is 2.08. The topological polar surface area (TPSA) is 79.5 Å². The number of benzene rings is 2. The minimum absolute atomic E-state index is 0.0131. The average molecular weight is 398 g/mol. The number of hydrogen-bond donors (Lipinski definition) is 3. The Bertz CT molecular complexity index is 788. The predicted octanol–water partition coefficient (Wildman–Crippen LogP) is 4.90. The molecule has 6 nitrogen and oxygen atoms in total. The minimum Gasteiger partial charge on any atom is -0.491 e. The van der Waals surface area contributed by atoms with E-state index in [1.165, 1.54) is 0 Å². The summed E-state index contributed by atoms with van der Waals surface area (Å²) in [7, 11) is 0. The average Bonchev–Trinajstić information content (AvgIpc) is 2.68. The van der Waals surface area contributed by atoms with Gasteiger partial charge in [-0.1, -0.05) is 39.3 Å². The Morgan fingerprint density at radius 2 is 1.55 bits per heavy atom. The molecule has 156 valence electrons. The van der Waals surface area contributed by atoms with Crippen molar-refractivity contribution in [1.29, 1.82) is 0 Å². The maximum absolute atomic E-state index is 12.3. The summed E-state index contributed by atoms with van der Waals surface area (Å²) in [4.78, 5) is 24.1. The van der Waals surface area contributed by atoms with Crippen molar-refractivity contribution in [3.63, 3.8) is 0 Å². The molecule has 0 aromatic heterocycles. The van der Waals surface area contributed by atoms with Crippen LogP contribution < -0.4 is 20.7 Å². The van der Waals surface area contributed by atoms with Crippen LogP contribution in [0.15, 0.2) is 48.5 Å². The van der Waals surface area contributed by atoms with Gasteiger partial charge in [0.1, 0.15) is 5.75 Å². The molecule has 0 saturated carbocycles. The highest BCUT2D eigenvalue weighted by Crippen LogP contribution is 2.23. The first-order chi connectivity index (χ1) is 14.0. The molecule has 0 atom stereocenters. The lowest BCUT2D eigenvalue weighted by molar-refractivity contribution is -0.117. The van der Waals surface area contributed by atoms with Crippen molar-refractivity contribution in [3.05, 3.63) is 48.5 Å². The van der Waals surface area contributed by atoms with Gasteiger partial charge in [0, 0.05) is 17.8 Å². The maximum Gasteiger partial charge on any atom is 0.243 e. The standard InChI is InChI=1S/C23H31N3O3/c1-4-5-14-29-21-9-7-6-8-20(21)24-16-23(28)26-19-12-10-18(11-13-19)25-22(27)15-17(2)3/h6-13,17,24H,4-5,14-16H2,1-3H3,(H,25,27)(H,26,28). The number of ether oxygens (including phenoxy) is 1. The molecule has 0 saturated heterocycles. The smallest absolute Gasteiger partial charge is 0.243 e. The lowest BCUT2D eigenvalue weighted by atomic mass is 10.1. The fourth-order valence-corrected chi connectivity index (χ4v) is 2.67. The van der Waals surface area contributed by atoms with Crippen molar-refractivity contribution in [2.24, 2.45) is 5.92 Å². The van der Waals surface area contributed by atoms with E-state index in [-0.39, 0.29) is 18.4 Å². The van der Waals surface area contributed by atoms with E-state index < -0.39 is 0 Å². The summed E-state index contributed by atoms with van der Waals surface area (Å²) in [6.07, 6.45) is 2.54. The van der Waals surface area contributed by atoms with Crippen LogP contribution in [0.5, 0.6) is 5.75 Å². The monoisotopic (exact) mass is 397 g/mol. The van der Waals surface area contributed by atoms with Crippen LogP contribution in [-0.2, 0) is 9.59 Å². The van der Waals surface area contributed by atoms with Crippen molar-refractivity contribution < 1.29 is 14.3 Å². The molecule has 0 spiro atoms. The van der Waals surface area contributed by atoms with Gasteiger partial charge < -0.3 is 20.7 Å². The number of unbranched alkanes of at least 4 members (excludes halogenated alkanes) is 1. The number of anilines is 3. The van der Waals surface area contributed by atoms with E-state index >= 15 is 0 Å². The number of para-hydroxylation sites is 2. The number of amides is 2. The van der Waals surface area contributed by atoms with Crippen LogP contribution in [0, 0.1) is 5.92 Å². The summed E-state index contributed by atoms with van der Waals surface area (Å²) < 4.78 is 5.77. The molecule has 2 rings (SSSR count). The SMILES string of the molecule is CCCCOc1ccccc1NCC(=O)Nc1ccc(NC(=O)CC(C)C)cc1. The first-order valence-electron chi connectivity index (χ1n) is 10.1. The van der Waals surface area contributed by atoms with E-state index in [0.29, 0.717) is 30.3 Å². The van der Waals surface area contributed by atoms with Crippen LogP contribution in [0.1, 0.15) is 40.0 Å². The maximum atomic E-state index is 12.3. The van der Waals surface area contributed by atoms with E-state index in [2.05, 4.69) is 22.9 Å². The fourth-order valence-electron chi connectivity index (χ4n) is 2.67. The van der Waals surface area contributed by atoms with E-state index in [0.717, 1.165) is 24.3 Å². The molecule has 0 aliphatic carbocycles. The number of carbonyl (C=O) groups excluding carboxylic acids is 2. The van der Waals surface area contributed by atoms with E-state index in [4.69, 9.17) is 4.74 Å². The summed E-state index contributed by atoms with van der Waals surface area (Å²) >= 11 is 0. The molecule has 0 bridgehead atoms. The number of carbonyl (C=O) groups is 2. The second-order valence-corrected chi connectivity index (χ2v) is 7.32. The summed E-state index contributed by atoms with van der Waals surface area (Å²) in [5, 5.41) is 8.81. The van der Waals surface area contributed by atoms with Gasteiger partial charge in [0.05, 0.1) is 18.8 Å². The van der Waals surface area contributed by atoms with Crippen LogP contribution in [-0.4, -0.2) is 25.0 Å². The van der Waals surface area contributed by atoms with E-state index in [1.807, 2.05) is 38.1 Å². The molecule has 6 heteroatoms. The van der Waals surface area contributed by atoms with Gasteiger partial charge in [0.2, 0.25) is 11.8 Å². The van der Waals surface area contributed by atoms with Crippen LogP contribution in [0.4, 0.5) is 17.1 Å². The second-order valence-electron chi connectivity index (χ2n) is 7.32. The molecule has 0 heterocycles. The van der Waals surface area contributed by atoms with Crippen LogP contribution in [0.25, 0.3) is 0 Å². The molecule has 3 N–H and O–H groups in total. The minimum atomic E-state index is -0.162. The van der Waals surface area contributed by atoms with Crippen molar-refractivity contribution >= 4 is 28.9 Å². The van der Waals surface area contributed by atoms with Gasteiger partial charge in [-0.15, -0.1) is 0 Å². The molecule has 2 aromatic rings. The zero-order valence-electron chi connectivity index (χ0n) is 17.5. The third-order valence-electron chi connectivity index (χ3n) is 4.13. The predicted molar refractivity (Wildman–Crippen MR) is 118 cm³/mol. The highest BCUT2D eigenvalue weighted by molar-refractivity contribution is 5.95. The zero-order chi connectivity index (χ0) is 21.1. The summed E-state index contributed by atoms with van der Waals surface area (Å²) in [6, 6.07) is 14.7. The Hall–Kier alpha value is -3.02. The zero-order valence-corrected chi connectivity index (χ0v) is 17.5. The van der Waals surface area contributed by atoms with Gasteiger partial charge in [-0.05, 0) is 48.7 Å². The number of nitrogens with one attached hydrogen (secondary N) is 3. The Morgan fingerprint density at radius 1 is 0.931 bits per heavy atom. The largest absolute Gasteiger partial charge is 0.491 e. The van der Waals surface area contributed by atoms with Gasteiger partial charge in [-0.3, -0.25) is 9.59 Å². The van der Waals surface area contributed by atoms with Crippen molar-refractivity contribution in [3.8, 4) is 5.75 Å².